The van der Waals surface area contributed by atoms with Crippen molar-refractivity contribution < 1.29 is 0 Å². The number of nitrogen functional groups attached to an aromatic ring is 1. The molecule has 1 fully saturated rings. The van der Waals surface area contributed by atoms with Gasteiger partial charge in [-0.1, -0.05) is 25.0 Å². The molecule has 1 heterocycles. The van der Waals surface area contributed by atoms with Gasteiger partial charge < -0.3 is 5.73 Å². The quantitative estimate of drug-likeness (QED) is 0.815. The van der Waals surface area contributed by atoms with Gasteiger partial charge in [0.05, 0.1) is 5.52 Å². The molecule has 1 saturated carbocycles. The first-order chi connectivity index (χ1) is 8.66. The Balaban J connectivity index is 2.23. The average molecular weight is 240 g/mol. The molecule has 0 saturated heterocycles. The van der Waals surface area contributed by atoms with E-state index in [4.69, 9.17) is 10.7 Å². The van der Waals surface area contributed by atoms with Crippen molar-refractivity contribution in [2.75, 3.05) is 5.73 Å². The fraction of sp³-hybridized carbons (Fsp3) is 0.438. The first-order valence-corrected chi connectivity index (χ1v) is 6.83. The minimum Gasteiger partial charge on any atom is -0.398 e. The monoisotopic (exact) mass is 240 g/mol. The fourth-order valence-electron chi connectivity index (χ4n) is 3.13. The van der Waals surface area contributed by atoms with Gasteiger partial charge >= 0.3 is 0 Å². The highest BCUT2D eigenvalue weighted by atomic mass is 14.7. The van der Waals surface area contributed by atoms with Crippen LogP contribution in [0.5, 0.6) is 0 Å². The smallest absolute Gasteiger partial charge is 0.0757 e. The highest BCUT2D eigenvalue weighted by molar-refractivity contribution is 5.95. The molecule has 1 aliphatic carbocycles. The molecule has 0 atom stereocenters. The van der Waals surface area contributed by atoms with Crippen molar-refractivity contribution in [3.63, 3.8) is 0 Å². The van der Waals surface area contributed by atoms with Crippen LogP contribution in [0, 0.1) is 13.8 Å². The number of rotatable bonds is 1. The van der Waals surface area contributed by atoms with E-state index >= 15 is 0 Å². The number of aromatic nitrogens is 1. The second kappa shape index (κ2) is 4.27. The summed E-state index contributed by atoms with van der Waals surface area (Å²) in [4.78, 5) is 4.90. The lowest BCUT2D eigenvalue weighted by Crippen LogP contribution is -2.01. The van der Waals surface area contributed by atoms with Crippen molar-refractivity contribution in [1.29, 1.82) is 0 Å². The second-order valence-corrected chi connectivity index (χ2v) is 5.54. The van der Waals surface area contributed by atoms with E-state index in [-0.39, 0.29) is 0 Å². The van der Waals surface area contributed by atoms with Gasteiger partial charge in [-0.15, -0.1) is 0 Å². The largest absolute Gasteiger partial charge is 0.398 e. The van der Waals surface area contributed by atoms with Gasteiger partial charge in [-0.05, 0) is 43.9 Å². The molecule has 0 radical (unpaired) electrons. The summed E-state index contributed by atoms with van der Waals surface area (Å²) in [6.45, 7) is 4.22. The minimum absolute atomic E-state index is 0.622. The third-order valence-corrected chi connectivity index (χ3v) is 4.19. The van der Waals surface area contributed by atoms with E-state index in [9.17, 15) is 0 Å². The molecule has 0 unspecified atom stereocenters. The lowest BCUT2D eigenvalue weighted by molar-refractivity contribution is 0.701. The summed E-state index contributed by atoms with van der Waals surface area (Å²) in [5.41, 5.74) is 11.9. The number of nitrogens with two attached hydrogens (primary N) is 1. The van der Waals surface area contributed by atoms with Crippen LogP contribution in [0.25, 0.3) is 10.9 Å². The van der Waals surface area contributed by atoms with Crippen LogP contribution in [0.4, 0.5) is 5.69 Å². The zero-order valence-electron chi connectivity index (χ0n) is 11.2. The van der Waals surface area contributed by atoms with Crippen LogP contribution >= 0.6 is 0 Å². The number of hydrogen-bond donors (Lipinski definition) is 1. The van der Waals surface area contributed by atoms with Gasteiger partial charge in [-0.2, -0.15) is 0 Å². The molecule has 0 spiro atoms. The molecule has 2 aromatic rings. The van der Waals surface area contributed by atoms with Crippen LogP contribution in [-0.4, -0.2) is 4.98 Å². The predicted octanol–water partition coefficient (Wildman–Crippen LogP) is 4.09. The van der Waals surface area contributed by atoms with Gasteiger partial charge in [0.1, 0.15) is 0 Å². The topological polar surface area (TPSA) is 38.9 Å². The van der Waals surface area contributed by atoms with Crippen LogP contribution in [0.2, 0.25) is 0 Å². The fourth-order valence-corrected chi connectivity index (χ4v) is 3.13. The summed E-state index contributed by atoms with van der Waals surface area (Å²) in [5, 5.41) is 1.14. The van der Waals surface area contributed by atoms with Crippen LogP contribution in [0.3, 0.4) is 0 Å². The van der Waals surface area contributed by atoms with Crippen molar-refractivity contribution in [3.8, 4) is 0 Å². The molecule has 0 bridgehead atoms. The molecule has 2 N–H and O–H groups in total. The van der Waals surface area contributed by atoms with Crippen LogP contribution in [0.1, 0.15) is 48.4 Å². The Morgan fingerprint density at radius 2 is 1.78 bits per heavy atom. The van der Waals surface area contributed by atoms with Crippen LogP contribution in [0.15, 0.2) is 18.2 Å². The zero-order valence-corrected chi connectivity index (χ0v) is 11.2. The number of pyridine rings is 1. The van der Waals surface area contributed by atoms with Crippen molar-refractivity contribution in [2.24, 2.45) is 0 Å². The van der Waals surface area contributed by atoms with Crippen molar-refractivity contribution >= 4 is 16.6 Å². The number of fused-ring (bicyclic) bond motifs is 1. The standard InChI is InChI=1S/C16H20N2/c1-10-7-8-11(2)16-15(10)13(17)9-14(18-16)12-5-3-4-6-12/h7-9,12H,3-6H2,1-2H3,(H2,17,18). The first kappa shape index (κ1) is 11.5. The molecule has 3 rings (SSSR count). The molecule has 2 nitrogen and oxygen atoms in total. The molecule has 1 aromatic heterocycles. The van der Waals surface area contributed by atoms with Gasteiger partial charge in [0.15, 0.2) is 0 Å². The van der Waals surface area contributed by atoms with E-state index < -0.39 is 0 Å². The highest BCUT2D eigenvalue weighted by Crippen LogP contribution is 2.36. The zero-order chi connectivity index (χ0) is 12.7. The van der Waals surface area contributed by atoms with Gasteiger partial charge in [0, 0.05) is 22.7 Å². The summed E-state index contributed by atoms with van der Waals surface area (Å²) in [5.74, 6) is 0.622. The predicted molar refractivity (Wildman–Crippen MR) is 76.8 cm³/mol. The number of benzene rings is 1. The molecule has 1 aliphatic rings. The van der Waals surface area contributed by atoms with E-state index in [1.807, 2.05) is 0 Å². The SMILES string of the molecule is Cc1ccc(C)c2c(N)cc(C3CCCC3)nc12. The normalized spacial score (nSPS) is 16.6. The maximum Gasteiger partial charge on any atom is 0.0757 e. The summed E-state index contributed by atoms with van der Waals surface area (Å²) < 4.78 is 0. The molecule has 2 heteroatoms. The van der Waals surface area contributed by atoms with Crippen molar-refractivity contribution in [2.45, 2.75) is 45.4 Å². The molecular weight excluding hydrogens is 220 g/mol. The van der Waals surface area contributed by atoms with E-state index in [1.165, 1.54) is 42.5 Å². The molecule has 0 aliphatic heterocycles. The first-order valence-electron chi connectivity index (χ1n) is 6.83. The lowest BCUT2D eigenvalue weighted by Gasteiger charge is -2.14. The summed E-state index contributed by atoms with van der Waals surface area (Å²) in [6, 6.07) is 6.37. The summed E-state index contributed by atoms with van der Waals surface area (Å²) in [6.07, 6.45) is 5.19. The molecule has 1 aromatic carbocycles. The Labute approximate surface area is 108 Å². The Kier molecular flexibility index (Phi) is 2.73. The summed E-state index contributed by atoms with van der Waals surface area (Å²) >= 11 is 0. The second-order valence-electron chi connectivity index (χ2n) is 5.54. The third kappa shape index (κ3) is 1.76. The lowest BCUT2D eigenvalue weighted by atomic mass is 9.98. The van der Waals surface area contributed by atoms with E-state index in [0.717, 1.165) is 16.6 Å². The minimum atomic E-state index is 0.622. The van der Waals surface area contributed by atoms with Crippen LogP contribution < -0.4 is 5.73 Å². The Bertz CT molecular complexity index is 596. The maximum absolute atomic E-state index is 6.25. The van der Waals surface area contributed by atoms with Crippen LogP contribution in [-0.2, 0) is 0 Å². The summed E-state index contributed by atoms with van der Waals surface area (Å²) in [7, 11) is 0. The average Bonchev–Trinajstić information content (AvgIpc) is 2.87. The number of nitrogens with zero attached hydrogens (tertiary/aromatic N) is 1. The number of anilines is 1. The number of aryl methyl sites for hydroxylation is 2. The highest BCUT2D eigenvalue weighted by Gasteiger charge is 2.20. The Morgan fingerprint density at radius 1 is 1.11 bits per heavy atom. The molecular formula is C16H20N2. The van der Waals surface area contributed by atoms with Gasteiger partial charge in [-0.25, -0.2) is 0 Å². The van der Waals surface area contributed by atoms with E-state index in [1.54, 1.807) is 0 Å². The third-order valence-electron chi connectivity index (χ3n) is 4.19. The Morgan fingerprint density at radius 3 is 2.50 bits per heavy atom. The van der Waals surface area contributed by atoms with Gasteiger partial charge in [0.25, 0.3) is 0 Å². The van der Waals surface area contributed by atoms with E-state index in [2.05, 4.69) is 32.0 Å². The molecule has 0 amide bonds. The molecule has 18 heavy (non-hydrogen) atoms. The van der Waals surface area contributed by atoms with Crippen molar-refractivity contribution in [1.82, 2.24) is 4.98 Å². The van der Waals surface area contributed by atoms with Crippen molar-refractivity contribution in [3.05, 3.63) is 35.0 Å². The Hall–Kier alpha value is -1.57. The molecule has 94 valence electrons. The number of hydrogen-bond acceptors (Lipinski definition) is 2. The maximum atomic E-state index is 6.25. The van der Waals surface area contributed by atoms with E-state index in [0.29, 0.717) is 5.92 Å². The van der Waals surface area contributed by atoms with Gasteiger partial charge in [-0.3, -0.25) is 4.98 Å². The van der Waals surface area contributed by atoms with Gasteiger partial charge in [0.2, 0.25) is 0 Å².